The SMILES string of the molecule is CC(NCc1cc(F)cc(C#N)c1)C(=O)N1CCCC1. The Morgan fingerprint density at radius 3 is 2.80 bits per heavy atom. The number of likely N-dealkylation sites (tertiary alicyclic amines) is 1. The average Bonchev–Trinajstić information content (AvgIpc) is 2.97. The summed E-state index contributed by atoms with van der Waals surface area (Å²) in [5, 5.41) is 11.9. The molecule has 0 aliphatic carbocycles. The van der Waals surface area contributed by atoms with Crippen LogP contribution in [0.25, 0.3) is 0 Å². The summed E-state index contributed by atoms with van der Waals surface area (Å²) in [6, 6.07) is 5.82. The standard InChI is InChI=1S/C15H18FN3O/c1-11(15(20)19-4-2-3-5-19)18-10-13-6-12(9-17)7-14(16)8-13/h6-8,11,18H,2-5,10H2,1H3. The highest BCUT2D eigenvalue weighted by molar-refractivity contribution is 5.81. The Bertz CT molecular complexity index is 532. The number of halogens is 1. The Morgan fingerprint density at radius 1 is 1.45 bits per heavy atom. The van der Waals surface area contributed by atoms with Crippen LogP contribution in [0.15, 0.2) is 18.2 Å². The van der Waals surface area contributed by atoms with E-state index >= 15 is 0 Å². The molecular formula is C15H18FN3O. The lowest BCUT2D eigenvalue weighted by Crippen LogP contribution is -2.43. The molecule has 4 nitrogen and oxygen atoms in total. The van der Waals surface area contributed by atoms with Gasteiger partial charge in [-0.1, -0.05) is 0 Å². The van der Waals surface area contributed by atoms with Gasteiger partial charge in [-0.3, -0.25) is 4.79 Å². The van der Waals surface area contributed by atoms with Crippen LogP contribution >= 0.6 is 0 Å². The molecule has 1 aliphatic rings. The van der Waals surface area contributed by atoms with Gasteiger partial charge in [-0.25, -0.2) is 4.39 Å². The molecule has 1 N–H and O–H groups in total. The van der Waals surface area contributed by atoms with Crippen molar-refractivity contribution < 1.29 is 9.18 Å². The summed E-state index contributed by atoms with van der Waals surface area (Å²) in [5.41, 5.74) is 0.961. The molecule has 1 aromatic carbocycles. The number of nitrogens with one attached hydrogen (secondary N) is 1. The van der Waals surface area contributed by atoms with E-state index < -0.39 is 5.82 Å². The second kappa shape index (κ2) is 6.49. The van der Waals surface area contributed by atoms with Gasteiger partial charge in [-0.15, -0.1) is 0 Å². The molecule has 1 heterocycles. The van der Waals surface area contributed by atoms with E-state index in [4.69, 9.17) is 5.26 Å². The summed E-state index contributed by atoms with van der Waals surface area (Å²) in [6.07, 6.45) is 2.13. The number of rotatable bonds is 4. The highest BCUT2D eigenvalue weighted by Gasteiger charge is 2.22. The molecule has 1 atom stereocenters. The molecule has 2 rings (SSSR count). The highest BCUT2D eigenvalue weighted by Crippen LogP contribution is 2.11. The van der Waals surface area contributed by atoms with E-state index in [1.54, 1.807) is 6.07 Å². The summed E-state index contributed by atoms with van der Waals surface area (Å²) in [6.45, 7) is 3.82. The molecule has 106 valence electrons. The van der Waals surface area contributed by atoms with E-state index in [0.29, 0.717) is 17.7 Å². The number of nitriles is 1. The molecule has 1 unspecified atom stereocenters. The van der Waals surface area contributed by atoms with Gasteiger partial charge in [0.15, 0.2) is 0 Å². The first-order chi connectivity index (χ1) is 9.60. The number of hydrogen-bond donors (Lipinski definition) is 1. The van der Waals surface area contributed by atoms with E-state index in [2.05, 4.69) is 5.32 Å². The smallest absolute Gasteiger partial charge is 0.239 e. The zero-order chi connectivity index (χ0) is 14.5. The van der Waals surface area contributed by atoms with Crippen LogP contribution in [0, 0.1) is 17.1 Å². The third-order valence-corrected chi connectivity index (χ3v) is 3.49. The normalized spacial score (nSPS) is 15.9. The summed E-state index contributed by atoms with van der Waals surface area (Å²) >= 11 is 0. The summed E-state index contributed by atoms with van der Waals surface area (Å²) in [7, 11) is 0. The van der Waals surface area contributed by atoms with E-state index in [0.717, 1.165) is 25.9 Å². The number of nitrogens with zero attached hydrogens (tertiary/aromatic N) is 2. The monoisotopic (exact) mass is 275 g/mol. The van der Waals surface area contributed by atoms with Gasteiger partial charge in [-0.2, -0.15) is 5.26 Å². The molecule has 0 bridgehead atoms. The molecule has 1 aliphatic heterocycles. The van der Waals surface area contributed by atoms with Gasteiger partial charge in [0.2, 0.25) is 5.91 Å². The number of benzene rings is 1. The minimum absolute atomic E-state index is 0.0828. The van der Waals surface area contributed by atoms with Crippen LogP contribution in [-0.2, 0) is 11.3 Å². The second-order valence-corrected chi connectivity index (χ2v) is 5.09. The van der Waals surface area contributed by atoms with Gasteiger partial charge in [0, 0.05) is 19.6 Å². The van der Waals surface area contributed by atoms with Crippen LogP contribution in [-0.4, -0.2) is 29.9 Å². The second-order valence-electron chi connectivity index (χ2n) is 5.09. The van der Waals surface area contributed by atoms with E-state index in [1.165, 1.54) is 12.1 Å². The molecule has 1 amide bonds. The van der Waals surface area contributed by atoms with Crippen LogP contribution in [0.2, 0.25) is 0 Å². The number of carbonyl (C=O) groups excluding carboxylic acids is 1. The van der Waals surface area contributed by atoms with Crippen molar-refractivity contribution >= 4 is 5.91 Å². The Balaban J connectivity index is 1.92. The molecule has 0 saturated carbocycles. The molecule has 1 aromatic rings. The molecular weight excluding hydrogens is 257 g/mol. The van der Waals surface area contributed by atoms with Crippen molar-refractivity contribution in [2.75, 3.05) is 13.1 Å². The Kier molecular flexibility index (Phi) is 4.70. The lowest BCUT2D eigenvalue weighted by atomic mass is 10.1. The fraction of sp³-hybridized carbons (Fsp3) is 0.467. The Labute approximate surface area is 118 Å². The van der Waals surface area contributed by atoms with Gasteiger partial charge in [-0.05, 0) is 43.5 Å². The fourth-order valence-electron chi connectivity index (χ4n) is 2.39. The molecule has 1 saturated heterocycles. The number of carbonyl (C=O) groups is 1. The van der Waals surface area contributed by atoms with Crippen molar-refractivity contribution in [1.82, 2.24) is 10.2 Å². The number of amides is 1. The quantitative estimate of drug-likeness (QED) is 0.911. The van der Waals surface area contributed by atoms with Crippen molar-refractivity contribution in [1.29, 1.82) is 5.26 Å². The molecule has 0 spiro atoms. The Hall–Kier alpha value is -1.93. The largest absolute Gasteiger partial charge is 0.341 e. The third-order valence-electron chi connectivity index (χ3n) is 3.49. The zero-order valence-electron chi connectivity index (χ0n) is 11.5. The van der Waals surface area contributed by atoms with Crippen molar-refractivity contribution in [2.45, 2.75) is 32.4 Å². The van der Waals surface area contributed by atoms with Crippen molar-refractivity contribution in [2.24, 2.45) is 0 Å². The van der Waals surface area contributed by atoms with Gasteiger partial charge in [0.1, 0.15) is 5.82 Å². The van der Waals surface area contributed by atoms with E-state index in [-0.39, 0.29) is 11.9 Å². The third kappa shape index (κ3) is 3.55. The van der Waals surface area contributed by atoms with Crippen molar-refractivity contribution in [3.05, 3.63) is 35.1 Å². The first-order valence-electron chi connectivity index (χ1n) is 6.82. The lowest BCUT2D eigenvalue weighted by Gasteiger charge is -2.21. The number of hydrogen-bond acceptors (Lipinski definition) is 3. The predicted octanol–water partition coefficient (Wildman–Crippen LogP) is 1.80. The van der Waals surface area contributed by atoms with Gasteiger partial charge in [0.05, 0.1) is 17.7 Å². The summed E-state index contributed by atoms with van der Waals surface area (Å²) < 4.78 is 13.3. The minimum atomic E-state index is -0.431. The first kappa shape index (κ1) is 14.5. The molecule has 20 heavy (non-hydrogen) atoms. The van der Waals surface area contributed by atoms with Crippen LogP contribution in [0.3, 0.4) is 0 Å². The van der Waals surface area contributed by atoms with Crippen LogP contribution in [0.4, 0.5) is 4.39 Å². The van der Waals surface area contributed by atoms with E-state index in [9.17, 15) is 9.18 Å². The lowest BCUT2D eigenvalue weighted by molar-refractivity contribution is -0.131. The molecule has 0 radical (unpaired) electrons. The predicted molar refractivity (Wildman–Crippen MR) is 73.2 cm³/mol. The highest BCUT2D eigenvalue weighted by atomic mass is 19.1. The maximum Gasteiger partial charge on any atom is 0.239 e. The van der Waals surface area contributed by atoms with Crippen LogP contribution in [0.1, 0.15) is 30.9 Å². The molecule has 0 aromatic heterocycles. The first-order valence-corrected chi connectivity index (χ1v) is 6.82. The minimum Gasteiger partial charge on any atom is -0.341 e. The Morgan fingerprint density at radius 2 is 2.15 bits per heavy atom. The van der Waals surface area contributed by atoms with E-state index in [1.807, 2.05) is 17.9 Å². The maximum absolute atomic E-state index is 13.3. The molecule has 1 fully saturated rings. The summed E-state index contributed by atoms with van der Waals surface area (Å²) in [4.78, 5) is 13.9. The maximum atomic E-state index is 13.3. The van der Waals surface area contributed by atoms with Crippen LogP contribution < -0.4 is 5.32 Å². The summed E-state index contributed by atoms with van der Waals surface area (Å²) in [5.74, 6) is -0.348. The van der Waals surface area contributed by atoms with Gasteiger partial charge >= 0.3 is 0 Å². The van der Waals surface area contributed by atoms with Gasteiger partial charge in [0.25, 0.3) is 0 Å². The fourth-order valence-corrected chi connectivity index (χ4v) is 2.39. The van der Waals surface area contributed by atoms with Crippen molar-refractivity contribution in [3.8, 4) is 6.07 Å². The average molecular weight is 275 g/mol. The van der Waals surface area contributed by atoms with Gasteiger partial charge < -0.3 is 10.2 Å². The molecule has 5 heteroatoms. The topological polar surface area (TPSA) is 56.1 Å². The van der Waals surface area contributed by atoms with Crippen molar-refractivity contribution in [3.63, 3.8) is 0 Å². The van der Waals surface area contributed by atoms with Crippen LogP contribution in [0.5, 0.6) is 0 Å². The zero-order valence-corrected chi connectivity index (χ0v) is 11.5.